The lowest BCUT2D eigenvalue weighted by atomic mass is 10.1. The van der Waals surface area contributed by atoms with Crippen molar-refractivity contribution < 1.29 is 14.3 Å². The molecule has 8 heteroatoms. The number of aromatic nitrogens is 2. The Kier molecular flexibility index (Phi) is 6.33. The van der Waals surface area contributed by atoms with Gasteiger partial charge in [-0.1, -0.05) is 46.3 Å². The van der Waals surface area contributed by atoms with E-state index in [0.717, 1.165) is 26.8 Å². The van der Waals surface area contributed by atoms with Crippen molar-refractivity contribution in [3.8, 4) is 5.75 Å². The van der Waals surface area contributed by atoms with Gasteiger partial charge >= 0.3 is 5.97 Å². The summed E-state index contributed by atoms with van der Waals surface area (Å²) in [6, 6.07) is 7.74. The fourth-order valence-corrected chi connectivity index (χ4v) is 3.35. The summed E-state index contributed by atoms with van der Waals surface area (Å²) in [6.07, 6.45) is 2.89. The second-order valence-corrected chi connectivity index (χ2v) is 6.87. The minimum Gasteiger partial charge on any atom is -0.487 e. The molecule has 1 aromatic carbocycles. The Hall–Kier alpha value is -2.13. The number of para-hydroxylation sites is 1. The smallest absolute Gasteiger partial charge is 0.339 e. The molecule has 6 nitrogen and oxygen atoms in total. The van der Waals surface area contributed by atoms with E-state index in [1.165, 1.54) is 19.5 Å². The van der Waals surface area contributed by atoms with Gasteiger partial charge in [0.15, 0.2) is 0 Å². The van der Waals surface area contributed by atoms with Crippen molar-refractivity contribution in [2.45, 2.75) is 13.5 Å². The molecule has 2 heterocycles. The van der Waals surface area contributed by atoms with Crippen molar-refractivity contribution in [3.63, 3.8) is 0 Å². The van der Waals surface area contributed by atoms with Crippen LogP contribution < -0.4 is 10.1 Å². The highest BCUT2D eigenvalue weighted by molar-refractivity contribution is 14.1. The highest BCUT2D eigenvalue weighted by Crippen LogP contribution is 2.31. The van der Waals surface area contributed by atoms with E-state index in [1.54, 1.807) is 0 Å². The number of ether oxygens (including phenoxy) is 2. The van der Waals surface area contributed by atoms with E-state index >= 15 is 0 Å². The molecule has 0 saturated carbocycles. The topological polar surface area (TPSA) is 73.3 Å². The molecule has 3 rings (SSSR count). The number of hydrogen-bond donors (Lipinski definition) is 1. The van der Waals surface area contributed by atoms with Gasteiger partial charge in [0.25, 0.3) is 0 Å². The zero-order valence-corrected chi connectivity index (χ0v) is 17.7. The van der Waals surface area contributed by atoms with Gasteiger partial charge in [-0.3, -0.25) is 4.98 Å². The Morgan fingerprint density at radius 2 is 2.15 bits per heavy atom. The predicted octanol–water partition coefficient (Wildman–Crippen LogP) is 4.76. The summed E-state index contributed by atoms with van der Waals surface area (Å²) in [5.74, 6) is 0.0976. The van der Waals surface area contributed by atoms with Crippen LogP contribution in [0.2, 0.25) is 5.02 Å². The van der Waals surface area contributed by atoms with E-state index < -0.39 is 5.97 Å². The molecular formula is C19H17ClIN3O3. The second kappa shape index (κ2) is 8.71. The SMILES string of the molecule is COC(=O)c1cncc(Cl)c1COc1cccc2c(NCI)cc(C)nc12. The number of halogens is 2. The summed E-state index contributed by atoms with van der Waals surface area (Å²) >= 11 is 8.49. The van der Waals surface area contributed by atoms with E-state index in [4.69, 9.17) is 21.1 Å². The summed E-state index contributed by atoms with van der Waals surface area (Å²) in [6.45, 7) is 2.03. The number of carbonyl (C=O) groups excluding carboxylic acids is 1. The van der Waals surface area contributed by atoms with Crippen LogP contribution >= 0.6 is 34.2 Å². The van der Waals surface area contributed by atoms with E-state index in [9.17, 15) is 4.79 Å². The maximum absolute atomic E-state index is 12.0. The number of carbonyl (C=O) groups is 1. The minimum absolute atomic E-state index is 0.0928. The van der Waals surface area contributed by atoms with Crippen LogP contribution in [0, 0.1) is 6.92 Å². The molecule has 0 aliphatic carbocycles. The number of nitrogens with zero attached hydrogens (tertiary/aromatic N) is 2. The van der Waals surface area contributed by atoms with Crippen LogP contribution in [0.5, 0.6) is 5.75 Å². The Morgan fingerprint density at radius 3 is 2.89 bits per heavy atom. The summed E-state index contributed by atoms with van der Waals surface area (Å²) in [4.78, 5) is 20.5. The molecular weight excluding hydrogens is 481 g/mol. The molecule has 0 amide bonds. The molecule has 0 unspecified atom stereocenters. The van der Waals surface area contributed by atoms with Gasteiger partial charge in [-0.05, 0) is 19.1 Å². The van der Waals surface area contributed by atoms with Crippen LogP contribution in [0.4, 0.5) is 5.69 Å². The summed E-state index contributed by atoms with van der Waals surface area (Å²) in [5.41, 5.74) is 3.42. The number of pyridine rings is 2. The molecule has 0 aliphatic rings. The van der Waals surface area contributed by atoms with Gasteiger partial charge in [-0.15, -0.1) is 0 Å². The largest absolute Gasteiger partial charge is 0.487 e. The number of nitrogens with one attached hydrogen (secondary N) is 1. The monoisotopic (exact) mass is 497 g/mol. The average Bonchev–Trinajstić information content (AvgIpc) is 2.66. The first-order valence-electron chi connectivity index (χ1n) is 8.08. The normalized spacial score (nSPS) is 10.7. The number of methoxy groups -OCH3 is 1. The fourth-order valence-electron chi connectivity index (χ4n) is 2.73. The van der Waals surface area contributed by atoms with Crippen LogP contribution in [0.25, 0.3) is 10.9 Å². The molecule has 0 spiro atoms. The summed E-state index contributed by atoms with van der Waals surface area (Å²) in [5, 5.41) is 4.64. The lowest BCUT2D eigenvalue weighted by Gasteiger charge is -2.14. The average molecular weight is 498 g/mol. The Bertz CT molecular complexity index is 997. The lowest BCUT2D eigenvalue weighted by molar-refractivity contribution is 0.0597. The van der Waals surface area contributed by atoms with Gasteiger partial charge in [0, 0.05) is 34.7 Å². The molecule has 140 valence electrons. The highest BCUT2D eigenvalue weighted by atomic mass is 127. The Balaban J connectivity index is 1.98. The number of esters is 1. The Labute approximate surface area is 175 Å². The molecule has 0 fully saturated rings. The maximum Gasteiger partial charge on any atom is 0.339 e. The molecule has 0 bridgehead atoms. The minimum atomic E-state index is -0.510. The van der Waals surface area contributed by atoms with Crippen molar-refractivity contribution in [2.75, 3.05) is 17.0 Å². The lowest BCUT2D eigenvalue weighted by Crippen LogP contribution is -2.09. The second-order valence-electron chi connectivity index (χ2n) is 5.70. The number of anilines is 1. The van der Waals surface area contributed by atoms with E-state index in [0.29, 0.717) is 16.3 Å². The number of fused-ring (bicyclic) bond motifs is 1. The quantitative estimate of drug-likeness (QED) is 0.229. The van der Waals surface area contributed by atoms with Crippen molar-refractivity contribution >= 4 is 56.8 Å². The number of alkyl halides is 1. The zero-order valence-electron chi connectivity index (χ0n) is 14.8. The van der Waals surface area contributed by atoms with E-state index in [2.05, 4.69) is 37.9 Å². The molecule has 0 atom stereocenters. The standard InChI is InChI=1S/C19H17ClIN3O3/c1-11-6-16(23-10-21)12-4-3-5-17(18(12)24-11)27-9-14-13(19(25)26-2)7-22-8-15(14)20/h3-8H,9-10H2,1-2H3,(H,23,24). The molecule has 1 N–H and O–H groups in total. The number of hydrogen-bond acceptors (Lipinski definition) is 6. The molecule has 0 saturated heterocycles. The third kappa shape index (κ3) is 4.24. The Morgan fingerprint density at radius 1 is 1.33 bits per heavy atom. The number of aryl methyl sites for hydroxylation is 1. The zero-order chi connectivity index (χ0) is 19.4. The van der Waals surface area contributed by atoms with Gasteiger partial charge in [0.1, 0.15) is 17.9 Å². The first-order valence-corrected chi connectivity index (χ1v) is 9.99. The first kappa shape index (κ1) is 19.6. The molecule has 27 heavy (non-hydrogen) atoms. The van der Waals surface area contributed by atoms with Gasteiger partial charge in [-0.25, -0.2) is 9.78 Å². The van der Waals surface area contributed by atoms with Crippen molar-refractivity contribution in [3.05, 3.63) is 58.5 Å². The first-order chi connectivity index (χ1) is 13.0. The third-order valence-corrected chi connectivity index (χ3v) is 4.68. The summed E-state index contributed by atoms with van der Waals surface area (Å²) in [7, 11) is 1.31. The van der Waals surface area contributed by atoms with Gasteiger partial charge in [0.2, 0.25) is 0 Å². The van der Waals surface area contributed by atoms with Gasteiger partial charge in [0.05, 0.1) is 22.2 Å². The van der Waals surface area contributed by atoms with Crippen molar-refractivity contribution in [1.82, 2.24) is 9.97 Å². The number of benzene rings is 1. The predicted molar refractivity (Wildman–Crippen MR) is 114 cm³/mol. The molecule has 2 aromatic heterocycles. The van der Waals surface area contributed by atoms with Crippen LogP contribution in [-0.4, -0.2) is 27.6 Å². The number of rotatable bonds is 6. The fraction of sp³-hybridized carbons (Fsp3) is 0.211. The molecule has 0 aliphatic heterocycles. The van der Waals surface area contributed by atoms with Gasteiger partial charge in [-0.2, -0.15) is 0 Å². The van der Waals surface area contributed by atoms with Crippen molar-refractivity contribution in [2.24, 2.45) is 0 Å². The van der Waals surface area contributed by atoms with Gasteiger partial charge < -0.3 is 14.8 Å². The van der Waals surface area contributed by atoms with Crippen LogP contribution in [0.15, 0.2) is 36.7 Å². The maximum atomic E-state index is 12.0. The summed E-state index contributed by atoms with van der Waals surface area (Å²) < 4.78 is 11.6. The van der Waals surface area contributed by atoms with Crippen LogP contribution in [-0.2, 0) is 11.3 Å². The van der Waals surface area contributed by atoms with E-state index in [-0.39, 0.29) is 12.2 Å². The van der Waals surface area contributed by atoms with E-state index in [1.807, 2.05) is 31.2 Å². The third-order valence-electron chi connectivity index (χ3n) is 3.97. The van der Waals surface area contributed by atoms with Crippen molar-refractivity contribution in [1.29, 1.82) is 0 Å². The highest BCUT2D eigenvalue weighted by Gasteiger charge is 2.17. The molecule has 0 radical (unpaired) electrons. The molecule has 3 aromatic rings. The van der Waals surface area contributed by atoms with Crippen LogP contribution in [0.3, 0.4) is 0 Å². The van der Waals surface area contributed by atoms with Crippen LogP contribution in [0.1, 0.15) is 21.6 Å².